The van der Waals surface area contributed by atoms with Gasteiger partial charge in [0.25, 0.3) is 11.6 Å². The lowest BCUT2D eigenvalue weighted by atomic mass is 9.95. The van der Waals surface area contributed by atoms with Gasteiger partial charge in [0.1, 0.15) is 0 Å². The Morgan fingerprint density at radius 2 is 2.03 bits per heavy atom. The van der Waals surface area contributed by atoms with Crippen molar-refractivity contribution in [3.8, 4) is 0 Å². The topological polar surface area (TPSA) is 108 Å². The molecule has 1 atom stereocenters. The number of non-ortho nitro benzene ring substituents is 1. The number of benzene rings is 2. The van der Waals surface area contributed by atoms with Crippen molar-refractivity contribution in [1.82, 2.24) is 10.3 Å². The van der Waals surface area contributed by atoms with E-state index in [0.717, 1.165) is 29.5 Å². The standard InChI is InChI=1S/C24H28BrN5O4/c1-3-28(4-2)24(32)18-8-6-12-29(16-18)22-11-10-21(30(33)34)14-19(22)15-26-27-23(31)17-7-5-9-20(25)13-17/h5,7,9-11,13-15,18H,3-4,6,8,12,16H2,1-2H3,(H,27,31)/t18-/m0/s1. The number of nitrogens with one attached hydrogen (secondary N) is 1. The molecule has 34 heavy (non-hydrogen) atoms. The van der Waals surface area contributed by atoms with E-state index < -0.39 is 10.8 Å². The number of rotatable bonds is 8. The predicted octanol–water partition coefficient (Wildman–Crippen LogP) is 4.21. The Kier molecular flexibility index (Phi) is 8.75. The average Bonchev–Trinajstić information content (AvgIpc) is 2.84. The fraction of sp³-hybridized carbons (Fsp3) is 0.375. The van der Waals surface area contributed by atoms with E-state index in [2.05, 4.69) is 31.4 Å². The number of anilines is 1. The van der Waals surface area contributed by atoms with Crippen LogP contribution in [0.4, 0.5) is 11.4 Å². The highest BCUT2D eigenvalue weighted by molar-refractivity contribution is 9.10. The molecule has 1 heterocycles. The summed E-state index contributed by atoms with van der Waals surface area (Å²) in [5.74, 6) is -0.398. The molecule has 0 spiro atoms. The van der Waals surface area contributed by atoms with Crippen LogP contribution in [0.5, 0.6) is 0 Å². The van der Waals surface area contributed by atoms with Gasteiger partial charge in [-0.3, -0.25) is 19.7 Å². The van der Waals surface area contributed by atoms with E-state index in [-0.39, 0.29) is 17.5 Å². The number of hydrogen-bond donors (Lipinski definition) is 1. The summed E-state index contributed by atoms with van der Waals surface area (Å²) in [6.45, 7) is 6.52. The lowest BCUT2D eigenvalue weighted by Gasteiger charge is -2.36. The first kappa shape index (κ1) is 25.4. The number of amides is 2. The molecule has 0 radical (unpaired) electrons. The van der Waals surface area contributed by atoms with Crippen molar-refractivity contribution in [2.75, 3.05) is 31.1 Å². The normalized spacial score (nSPS) is 15.9. The Morgan fingerprint density at radius 1 is 1.26 bits per heavy atom. The highest BCUT2D eigenvalue weighted by Gasteiger charge is 2.29. The summed E-state index contributed by atoms with van der Waals surface area (Å²) in [6, 6.07) is 11.4. The quantitative estimate of drug-likeness (QED) is 0.313. The molecular formula is C24H28BrN5O4. The van der Waals surface area contributed by atoms with Gasteiger partial charge in [0.05, 0.1) is 17.1 Å². The van der Waals surface area contributed by atoms with Crippen molar-refractivity contribution in [3.05, 3.63) is 68.2 Å². The zero-order valence-electron chi connectivity index (χ0n) is 19.2. The summed E-state index contributed by atoms with van der Waals surface area (Å²) >= 11 is 3.33. The van der Waals surface area contributed by atoms with Crippen LogP contribution < -0.4 is 10.3 Å². The molecule has 1 fully saturated rings. The number of nitro benzene ring substituents is 1. The highest BCUT2D eigenvalue weighted by atomic mass is 79.9. The molecule has 1 N–H and O–H groups in total. The average molecular weight is 530 g/mol. The second-order valence-electron chi connectivity index (χ2n) is 8.01. The Bertz CT molecular complexity index is 1090. The lowest BCUT2D eigenvalue weighted by Crippen LogP contribution is -2.45. The zero-order valence-corrected chi connectivity index (χ0v) is 20.8. The van der Waals surface area contributed by atoms with Crippen LogP contribution in [0.3, 0.4) is 0 Å². The van der Waals surface area contributed by atoms with E-state index in [4.69, 9.17) is 0 Å². The third-order valence-corrected chi connectivity index (χ3v) is 6.36. The van der Waals surface area contributed by atoms with Crippen LogP contribution in [-0.4, -0.2) is 54.0 Å². The maximum atomic E-state index is 12.9. The van der Waals surface area contributed by atoms with Crippen LogP contribution >= 0.6 is 15.9 Å². The van der Waals surface area contributed by atoms with E-state index in [1.807, 2.05) is 24.8 Å². The van der Waals surface area contributed by atoms with Crippen LogP contribution in [0.25, 0.3) is 0 Å². The Labute approximate surface area is 207 Å². The fourth-order valence-corrected chi connectivity index (χ4v) is 4.49. The van der Waals surface area contributed by atoms with Crippen molar-refractivity contribution < 1.29 is 14.5 Å². The molecule has 10 heteroatoms. The van der Waals surface area contributed by atoms with Crippen LogP contribution in [0.15, 0.2) is 52.0 Å². The van der Waals surface area contributed by atoms with Gasteiger partial charge in [0, 0.05) is 59.6 Å². The summed E-state index contributed by atoms with van der Waals surface area (Å²) < 4.78 is 0.768. The minimum Gasteiger partial charge on any atom is -0.370 e. The fourth-order valence-electron chi connectivity index (χ4n) is 4.09. The van der Waals surface area contributed by atoms with Gasteiger partial charge in [-0.25, -0.2) is 5.43 Å². The van der Waals surface area contributed by atoms with Crippen LogP contribution in [0.1, 0.15) is 42.6 Å². The van der Waals surface area contributed by atoms with Crippen molar-refractivity contribution in [3.63, 3.8) is 0 Å². The molecule has 0 saturated carbocycles. The highest BCUT2D eigenvalue weighted by Crippen LogP contribution is 2.29. The zero-order chi connectivity index (χ0) is 24.7. The summed E-state index contributed by atoms with van der Waals surface area (Å²) in [7, 11) is 0. The number of nitro groups is 1. The molecule has 1 aliphatic rings. The van der Waals surface area contributed by atoms with E-state index in [9.17, 15) is 19.7 Å². The van der Waals surface area contributed by atoms with Crippen LogP contribution in [0.2, 0.25) is 0 Å². The minimum atomic E-state index is -0.468. The van der Waals surface area contributed by atoms with Gasteiger partial charge in [0.2, 0.25) is 5.91 Å². The van der Waals surface area contributed by atoms with E-state index in [1.54, 1.807) is 24.3 Å². The lowest BCUT2D eigenvalue weighted by molar-refractivity contribution is -0.384. The Hall–Kier alpha value is -3.27. The Balaban J connectivity index is 1.82. The van der Waals surface area contributed by atoms with Crippen LogP contribution in [0, 0.1) is 16.0 Å². The molecule has 2 amide bonds. The number of halogens is 1. The maximum Gasteiger partial charge on any atom is 0.271 e. The van der Waals surface area contributed by atoms with Crippen LogP contribution in [-0.2, 0) is 4.79 Å². The molecule has 1 aliphatic heterocycles. The molecule has 0 unspecified atom stereocenters. The maximum absolute atomic E-state index is 12.9. The third-order valence-electron chi connectivity index (χ3n) is 5.86. The van der Waals surface area contributed by atoms with E-state index >= 15 is 0 Å². The van der Waals surface area contributed by atoms with Gasteiger partial charge in [-0.1, -0.05) is 22.0 Å². The number of hydrazone groups is 1. The van der Waals surface area contributed by atoms with Gasteiger partial charge >= 0.3 is 0 Å². The molecular weight excluding hydrogens is 502 g/mol. The van der Waals surface area contributed by atoms with Crippen molar-refractivity contribution in [1.29, 1.82) is 0 Å². The summed E-state index contributed by atoms with van der Waals surface area (Å²) in [5, 5.41) is 15.4. The number of carbonyl (C=O) groups excluding carboxylic acids is 2. The second-order valence-corrected chi connectivity index (χ2v) is 8.92. The largest absolute Gasteiger partial charge is 0.370 e. The summed E-state index contributed by atoms with van der Waals surface area (Å²) in [5.41, 5.74) is 4.07. The number of carbonyl (C=O) groups is 2. The van der Waals surface area contributed by atoms with Crippen molar-refractivity contribution >= 4 is 45.3 Å². The van der Waals surface area contributed by atoms with Gasteiger partial charge < -0.3 is 9.80 Å². The molecule has 0 aliphatic carbocycles. The SMILES string of the molecule is CCN(CC)C(=O)[C@H]1CCCN(c2ccc([N+](=O)[O-])cc2C=NNC(=O)c2cccc(Br)c2)C1. The number of hydrogen-bond acceptors (Lipinski definition) is 6. The van der Waals surface area contributed by atoms with E-state index in [0.29, 0.717) is 30.8 Å². The van der Waals surface area contributed by atoms with Crippen molar-refractivity contribution in [2.24, 2.45) is 11.0 Å². The molecule has 180 valence electrons. The second kappa shape index (κ2) is 11.7. The predicted molar refractivity (Wildman–Crippen MR) is 135 cm³/mol. The van der Waals surface area contributed by atoms with Gasteiger partial charge in [0.15, 0.2) is 0 Å². The first-order chi connectivity index (χ1) is 16.3. The molecule has 2 aromatic rings. The van der Waals surface area contributed by atoms with Gasteiger partial charge in [-0.05, 0) is 51.0 Å². The summed E-state index contributed by atoms with van der Waals surface area (Å²) in [6.07, 6.45) is 3.06. The molecule has 1 saturated heterocycles. The number of nitrogens with zero attached hydrogens (tertiary/aromatic N) is 4. The molecule has 9 nitrogen and oxygen atoms in total. The molecule has 0 aromatic heterocycles. The minimum absolute atomic E-state index is 0.0729. The van der Waals surface area contributed by atoms with Gasteiger partial charge in [-0.15, -0.1) is 0 Å². The smallest absolute Gasteiger partial charge is 0.271 e. The third kappa shape index (κ3) is 6.19. The van der Waals surface area contributed by atoms with Crippen molar-refractivity contribution in [2.45, 2.75) is 26.7 Å². The number of piperidine rings is 1. The molecule has 0 bridgehead atoms. The molecule has 3 rings (SSSR count). The molecule has 2 aromatic carbocycles. The monoisotopic (exact) mass is 529 g/mol. The first-order valence-corrected chi connectivity index (χ1v) is 12.0. The van der Waals surface area contributed by atoms with Gasteiger partial charge in [-0.2, -0.15) is 5.10 Å². The Morgan fingerprint density at radius 3 is 2.71 bits per heavy atom. The first-order valence-electron chi connectivity index (χ1n) is 11.2. The van der Waals surface area contributed by atoms with E-state index in [1.165, 1.54) is 18.3 Å². The summed E-state index contributed by atoms with van der Waals surface area (Å²) in [4.78, 5) is 40.1.